The predicted octanol–water partition coefficient (Wildman–Crippen LogP) is 4.77. The van der Waals surface area contributed by atoms with E-state index in [0.717, 1.165) is 44.7 Å². The highest BCUT2D eigenvalue weighted by molar-refractivity contribution is 5.46. The molecule has 0 spiro atoms. The minimum Gasteiger partial charge on any atom is -0.384 e. The summed E-state index contributed by atoms with van der Waals surface area (Å²) in [5.74, 6) is 1.74. The molecule has 0 bridgehead atoms. The quantitative estimate of drug-likeness (QED) is 0.498. The Morgan fingerprint density at radius 1 is 1.35 bits per heavy atom. The van der Waals surface area contributed by atoms with Crippen molar-refractivity contribution in [3.63, 3.8) is 0 Å². The van der Waals surface area contributed by atoms with Crippen molar-refractivity contribution in [3.8, 4) is 0 Å². The van der Waals surface area contributed by atoms with Crippen LogP contribution in [0.1, 0.15) is 56.7 Å². The molecule has 1 aromatic heterocycles. The van der Waals surface area contributed by atoms with Gasteiger partial charge in [-0.1, -0.05) is 25.1 Å². The predicted molar refractivity (Wildman–Crippen MR) is 98.0 cm³/mol. The van der Waals surface area contributed by atoms with E-state index in [4.69, 9.17) is 9.72 Å². The van der Waals surface area contributed by atoms with Crippen LogP contribution in [0.15, 0.2) is 24.3 Å². The largest absolute Gasteiger partial charge is 0.384 e. The number of nitrogens with zero attached hydrogens (tertiary/aromatic N) is 1. The van der Waals surface area contributed by atoms with Gasteiger partial charge in [-0.2, -0.15) is 0 Å². The zero-order valence-electron chi connectivity index (χ0n) is 14.9. The van der Waals surface area contributed by atoms with Crippen molar-refractivity contribution in [2.45, 2.75) is 58.3 Å². The lowest BCUT2D eigenvalue weighted by Crippen LogP contribution is -2.13. The average molecular weight is 316 g/mol. The van der Waals surface area contributed by atoms with Crippen molar-refractivity contribution in [2.75, 3.05) is 25.6 Å². The molecular weight excluding hydrogens is 284 g/mol. The molecule has 128 valence electrons. The number of allylic oxidation sites excluding steroid dienone is 1. The summed E-state index contributed by atoms with van der Waals surface area (Å²) >= 11 is 0. The Morgan fingerprint density at radius 3 is 3.04 bits per heavy atom. The van der Waals surface area contributed by atoms with Gasteiger partial charge in [0.25, 0.3) is 0 Å². The second-order valence-corrected chi connectivity index (χ2v) is 6.90. The zero-order valence-corrected chi connectivity index (χ0v) is 14.9. The molecule has 1 atom stereocenters. The molecule has 0 fully saturated rings. The Balaban J connectivity index is 1.62. The van der Waals surface area contributed by atoms with Crippen LogP contribution < -0.4 is 5.32 Å². The highest BCUT2D eigenvalue weighted by atomic mass is 16.5. The summed E-state index contributed by atoms with van der Waals surface area (Å²) in [6, 6.07) is 4.45. The minimum absolute atomic E-state index is 0.629. The highest BCUT2D eigenvalue weighted by Gasteiger charge is 2.10. The van der Waals surface area contributed by atoms with E-state index in [1.807, 2.05) is 0 Å². The van der Waals surface area contributed by atoms with Crippen molar-refractivity contribution in [3.05, 3.63) is 35.5 Å². The van der Waals surface area contributed by atoms with E-state index < -0.39 is 0 Å². The summed E-state index contributed by atoms with van der Waals surface area (Å²) in [7, 11) is 1.77. The number of ether oxygens (including phenoxy) is 1. The highest BCUT2D eigenvalue weighted by Crippen LogP contribution is 2.21. The summed E-state index contributed by atoms with van der Waals surface area (Å²) in [6.45, 7) is 8.38. The fraction of sp³-hybridized carbons (Fsp3) is 0.650. The number of nitrogens with one attached hydrogen (secondary N) is 1. The first-order chi connectivity index (χ1) is 11.2. The maximum atomic E-state index is 5.18. The van der Waals surface area contributed by atoms with E-state index in [-0.39, 0.29) is 0 Å². The molecule has 0 aromatic carbocycles. The van der Waals surface area contributed by atoms with Crippen LogP contribution in [0.5, 0.6) is 0 Å². The number of aromatic nitrogens is 1. The van der Waals surface area contributed by atoms with E-state index in [0.29, 0.717) is 5.92 Å². The number of aryl methyl sites for hydroxylation is 2. The average Bonchev–Trinajstić information content (AvgIpc) is 2.57. The van der Waals surface area contributed by atoms with Crippen LogP contribution in [-0.2, 0) is 17.6 Å². The van der Waals surface area contributed by atoms with Gasteiger partial charge in [0, 0.05) is 26.0 Å². The van der Waals surface area contributed by atoms with Gasteiger partial charge >= 0.3 is 0 Å². The second kappa shape index (κ2) is 9.71. The SMILES string of the molecule is C=C(CCCCc1ccc2c(n1)NCCC2)CC[C@H](C)COC. The number of rotatable bonds is 10. The Labute approximate surface area is 141 Å². The number of fused-ring (bicyclic) bond motifs is 1. The molecule has 0 unspecified atom stereocenters. The molecule has 0 saturated carbocycles. The fourth-order valence-electron chi connectivity index (χ4n) is 3.13. The first kappa shape index (κ1) is 18.0. The molecule has 1 aliphatic heterocycles. The van der Waals surface area contributed by atoms with Crippen molar-refractivity contribution in [1.29, 1.82) is 0 Å². The molecule has 3 heteroatoms. The lowest BCUT2D eigenvalue weighted by molar-refractivity contribution is 0.155. The van der Waals surface area contributed by atoms with Gasteiger partial charge in [-0.25, -0.2) is 4.98 Å². The third kappa shape index (κ3) is 6.34. The van der Waals surface area contributed by atoms with Gasteiger partial charge in [-0.05, 0) is 68.9 Å². The third-order valence-electron chi connectivity index (χ3n) is 4.61. The molecule has 1 N–H and O–H groups in total. The van der Waals surface area contributed by atoms with Gasteiger partial charge in [0.15, 0.2) is 0 Å². The normalized spacial score (nSPS) is 14.9. The summed E-state index contributed by atoms with van der Waals surface area (Å²) in [6.07, 6.45) is 9.32. The van der Waals surface area contributed by atoms with E-state index in [1.54, 1.807) is 7.11 Å². The maximum Gasteiger partial charge on any atom is 0.129 e. The van der Waals surface area contributed by atoms with Crippen molar-refractivity contribution >= 4 is 5.82 Å². The molecule has 2 rings (SSSR count). The maximum absolute atomic E-state index is 5.18. The third-order valence-corrected chi connectivity index (χ3v) is 4.61. The molecule has 0 radical (unpaired) electrons. The number of pyridine rings is 1. The Kier molecular flexibility index (Phi) is 7.60. The monoisotopic (exact) mass is 316 g/mol. The van der Waals surface area contributed by atoms with Gasteiger partial charge < -0.3 is 10.1 Å². The molecule has 1 aromatic rings. The van der Waals surface area contributed by atoms with E-state index in [1.165, 1.54) is 42.5 Å². The number of hydrogen-bond donors (Lipinski definition) is 1. The number of unbranched alkanes of at least 4 members (excludes halogenated alkanes) is 1. The first-order valence-corrected chi connectivity index (χ1v) is 9.07. The van der Waals surface area contributed by atoms with Crippen LogP contribution >= 0.6 is 0 Å². The molecule has 0 saturated heterocycles. The number of methoxy groups -OCH3 is 1. The van der Waals surface area contributed by atoms with E-state index in [2.05, 4.69) is 31.0 Å². The Morgan fingerprint density at radius 2 is 2.22 bits per heavy atom. The molecular formula is C20H32N2O. The van der Waals surface area contributed by atoms with Crippen LogP contribution in [-0.4, -0.2) is 25.2 Å². The van der Waals surface area contributed by atoms with E-state index >= 15 is 0 Å². The lowest BCUT2D eigenvalue weighted by Gasteiger charge is -2.17. The van der Waals surface area contributed by atoms with Gasteiger partial charge in [0.2, 0.25) is 0 Å². The van der Waals surface area contributed by atoms with Crippen molar-refractivity contribution in [1.82, 2.24) is 4.98 Å². The first-order valence-electron chi connectivity index (χ1n) is 9.07. The minimum atomic E-state index is 0.629. The Bertz CT molecular complexity index is 498. The summed E-state index contributed by atoms with van der Waals surface area (Å²) < 4.78 is 5.18. The van der Waals surface area contributed by atoms with Crippen LogP contribution in [0.2, 0.25) is 0 Å². The molecule has 23 heavy (non-hydrogen) atoms. The smallest absolute Gasteiger partial charge is 0.129 e. The topological polar surface area (TPSA) is 34.2 Å². The van der Waals surface area contributed by atoms with Crippen LogP contribution in [0.4, 0.5) is 5.82 Å². The van der Waals surface area contributed by atoms with Gasteiger partial charge in [0.05, 0.1) is 0 Å². The van der Waals surface area contributed by atoms with Crippen LogP contribution in [0, 0.1) is 5.92 Å². The lowest BCUT2D eigenvalue weighted by atomic mass is 9.98. The van der Waals surface area contributed by atoms with Crippen molar-refractivity contribution in [2.24, 2.45) is 5.92 Å². The van der Waals surface area contributed by atoms with Gasteiger partial charge in [-0.3, -0.25) is 0 Å². The van der Waals surface area contributed by atoms with Crippen molar-refractivity contribution < 1.29 is 4.74 Å². The molecule has 3 nitrogen and oxygen atoms in total. The fourth-order valence-corrected chi connectivity index (χ4v) is 3.13. The van der Waals surface area contributed by atoms with E-state index in [9.17, 15) is 0 Å². The molecule has 2 heterocycles. The standard InChI is InChI=1S/C20H32N2O/c1-16(10-11-17(2)15-23-3)7-4-5-9-19-13-12-18-8-6-14-21-20(18)22-19/h12-13,17H,1,4-11,14-15H2,2-3H3,(H,21,22)/t17-/m0/s1. The molecule has 0 amide bonds. The summed E-state index contributed by atoms with van der Waals surface area (Å²) in [4.78, 5) is 4.76. The van der Waals surface area contributed by atoms with Gasteiger partial charge in [-0.15, -0.1) is 0 Å². The summed E-state index contributed by atoms with van der Waals surface area (Å²) in [5.41, 5.74) is 3.98. The van der Waals surface area contributed by atoms with Crippen LogP contribution in [0.3, 0.4) is 0 Å². The number of hydrogen-bond acceptors (Lipinski definition) is 3. The molecule has 1 aliphatic rings. The second-order valence-electron chi connectivity index (χ2n) is 6.90. The Hall–Kier alpha value is -1.35. The number of anilines is 1. The summed E-state index contributed by atoms with van der Waals surface area (Å²) in [5, 5.41) is 3.41. The zero-order chi connectivity index (χ0) is 16.5. The molecule has 0 aliphatic carbocycles. The van der Waals surface area contributed by atoms with Crippen LogP contribution in [0.25, 0.3) is 0 Å². The van der Waals surface area contributed by atoms with Gasteiger partial charge in [0.1, 0.15) is 5.82 Å².